The minimum absolute atomic E-state index is 0.124. The SMILES string of the molecule is O=C1/C(=C\c2ccc(-c3cc(Cl)ccc3Cl)o2)SC(=S)N1c1ccccc1F. The minimum Gasteiger partial charge on any atom is -0.457 e. The van der Waals surface area contributed by atoms with Crippen molar-refractivity contribution in [3.63, 3.8) is 0 Å². The lowest BCUT2D eigenvalue weighted by molar-refractivity contribution is -0.113. The second-order valence-electron chi connectivity index (χ2n) is 5.79. The zero-order valence-corrected chi connectivity index (χ0v) is 17.1. The van der Waals surface area contributed by atoms with E-state index in [-0.39, 0.29) is 10.0 Å². The van der Waals surface area contributed by atoms with E-state index in [2.05, 4.69) is 0 Å². The van der Waals surface area contributed by atoms with Crippen molar-refractivity contribution < 1.29 is 13.6 Å². The maximum Gasteiger partial charge on any atom is 0.270 e. The van der Waals surface area contributed by atoms with Gasteiger partial charge in [0.2, 0.25) is 0 Å². The Bertz CT molecular complexity index is 1140. The van der Waals surface area contributed by atoms with E-state index in [1.54, 1.807) is 48.5 Å². The molecule has 2 aromatic carbocycles. The molecule has 1 aromatic heterocycles. The lowest BCUT2D eigenvalue weighted by atomic mass is 10.2. The summed E-state index contributed by atoms with van der Waals surface area (Å²) >= 11 is 18.6. The summed E-state index contributed by atoms with van der Waals surface area (Å²) < 4.78 is 20.1. The Morgan fingerprint density at radius 3 is 2.68 bits per heavy atom. The Morgan fingerprint density at radius 2 is 1.89 bits per heavy atom. The van der Waals surface area contributed by atoms with E-state index in [1.807, 2.05) is 0 Å². The number of furan rings is 1. The van der Waals surface area contributed by atoms with Crippen molar-refractivity contribution in [2.45, 2.75) is 0 Å². The Morgan fingerprint density at radius 1 is 1.11 bits per heavy atom. The smallest absolute Gasteiger partial charge is 0.270 e. The molecule has 2 heterocycles. The van der Waals surface area contributed by atoms with Gasteiger partial charge in [-0.1, -0.05) is 59.3 Å². The second-order valence-corrected chi connectivity index (χ2v) is 8.31. The van der Waals surface area contributed by atoms with Crippen LogP contribution < -0.4 is 4.90 Å². The lowest BCUT2D eigenvalue weighted by Crippen LogP contribution is -2.28. The summed E-state index contributed by atoms with van der Waals surface area (Å²) in [6.45, 7) is 0. The van der Waals surface area contributed by atoms with Crippen LogP contribution in [0.3, 0.4) is 0 Å². The Balaban J connectivity index is 1.65. The molecule has 3 nitrogen and oxygen atoms in total. The van der Waals surface area contributed by atoms with Gasteiger partial charge in [0.1, 0.15) is 17.3 Å². The maximum atomic E-state index is 14.1. The van der Waals surface area contributed by atoms with Gasteiger partial charge in [-0.05, 0) is 42.5 Å². The second kappa shape index (κ2) is 7.72. The Labute approximate surface area is 179 Å². The van der Waals surface area contributed by atoms with Crippen molar-refractivity contribution >= 4 is 69.2 Å². The zero-order chi connectivity index (χ0) is 19.8. The van der Waals surface area contributed by atoms with Gasteiger partial charge in [-0.25, -0.2) is 4.39 Å². The normalized spacial score (nSPS) is 15.7. The van der Waals surface area contributed by atoms with E-state index in [1.165, 1.54) is 17.0 Å². The zero-order valence-electron chi connectivity index (χ0n) is 14.0. The number of hydrogen-bond acceptors (Lipinski definition) is 4. The van der Waals surface area contributed by atoms with Crippen LogP contribution >= 0.6 is 47.2 Å². The van der Waals surface area contributed by atoms with Crippen molar-refractivity contribution in [2.24, 2.45) is 0 Å². The summed E-state index contributed by atoms with van der Waals surface area (Å²) in [7, 11) is 0. The first-order valence-electron chi connectivity index (χ1n) is 8.02. The summed E-state index contributed by atoms with van der Waals surface area (Å²) in [5, 5.41) is 1.03. The molecule has 3 aromatic rings. The van der Waals surface area contributed by atoms with Crippen molar-refractivity contribution in [2.75, 3.05) is 4.90 Å². The molecule has 0 atom stereocenters. The Kier molecular flexibility index (Phi) is 5.29. The summed E-state index contributed by atoms with van der Waals surface area (Å²) in [4.78, 5) is 14.3. The molecule has 0 N–H and O–H groups in total. The molecule has 0 aliphatic carbocycles. The van der Waals surface area contributed by atoms with Gasteiger partial charge in [0.05, 0.1) is 15.6 Å². The standard InChI is InChI=1S/C20H10Cl2FNO2S2/c21-11-5-7-14(22)13(9-11)17-8-6-12(26-17)10-18-19(25)24(20(27)28-18)16-4-2-1-3-15(16)23/h1-10H/b18-10+. The fourth-order valence-electron chi connectivity index (χ4n) is 2.70. The molecule has 1 fully saturated rings. The molecule has 0 saturated carbocycles. The number of halogens is 3. The third kappa shape index (κ3) is 3.61. The number of hydrogen-bond donors (Lipinski definition) is 0. The van der Waals surface area contributed by atoms with Gasteiger partial charge in [-0.15, -0.1) is 0 Å². The molecule has 0 radical (unpaired) electrons. The van der Waals surface area contributed by atoms with Crippen LogP contribution in [-0.2, 0) is 4.79 Å². The highest BCUT2D eigenvalue weighted by Crippen LogP contribution is 2.38. The van der Waals surface area contributed by atoms with Crippen LogP contribution in [0, 0.1) is 5.82 Å². The average molecular weight is 450 g/mol. The number of benzene rings is 2. The molecule has 1 amide bonds. The molecule has 28 heavy (non-hydrogen) atoms. The first-order valence-corrected chi connectivity index (χ1v) is 10.00. The van der Waals surface area contributed by atoms with E-state index >= 15 is 0 Å². The summed E-state index contributed by atoms with van der Waals surface area (Å²) in [6, 6.07) is 14.5. The topological polar surface area (TPSA) is 33.5 Å². The van der Waals surface area contributed by atoms with E-state index in [4.69, 9.17) is 39.8 Å². The number of anilines is 1. The van der Waals surface area contributed by atoms with Gasteiger partial charge in [0.15, 0.2) is 4.32 Å². The number of carbonyl (C=O) groups excluding carboxylic acids is 1. The van der Waals surface area contributed by atoms with Gasteiger partial charge in [-0.2, -0.15) is 0 Å². The molecule has 0 bridgehead atoms. The molecule has 0 spiro atoms. The quantitative estimate of drug-likeness (QED) is 0.325. The predicted octanol–water partition coefficient (Wildman–Crippen LogP) is 6.80. The van der Waals surface area contributed by atoms with Crippen molar-refractivity contribution in [1.82, 2.24) is 0 Å². The number of rotatable bonds is 3. The summed E-state index contributed by atoms with van der Waals surface area (Å²) in [5.41, 5.74) is 0.770. The van der Waals surface area contributed by atoms with Gasteiger partial charge in [-0.3, -0.25) is 9.69 Å². The van der Waals surface area contributed by atoms with E-state index < -0.39 is 11.7 Å². The van der Waals surface area contributed by atoms with Gasteiger partial charge in [0, 0.05) is 16.7 Å². The molecule has 140 valence electrons. The number of amides is 1. The third-order valence-electron chi connectivity index (χ3n) is 3.98. The number of thiocarbonyl (C=S) groups is 1. The number of nitrogens with zero attached hydrogens (tertiary/aromatic N) is 1. The van der Waals surface area contributed by atoms with Crippen molar-refractivity contribution in [3.05, 3.63) is 81.1 Å². The molecule has 0 unspecified atom stereocenters. The number of thioether (sulfide) groups is 1. The van der Waals surface area contributed by atoms with Crippen LogP contribution in [0.4, 0.5) is 10.1 Å². The van der Waals surface area contributed by atoms with Gasteiger partial charge >= 0.3 is 0 Å². The monoisotopic (exact) mass is 449 g/mol. The first-order chi connectivity index (χ1) is 13.4. The highest BCUT2D eigenvalue weighted by molar-refractivity contribution is 8.27. The van der Waals surface area contributed by atoms with Crippen LogP contribution in [0.2, 0.25) is 10.0 Å². The Hall–Kier alpha value is -2.12. The fraction of sp³-hybridized carbons (Fsp3) is 0. The molecular formula is C20H10Cl2FNO2S2. The number of carbonyl (C=O) groups is 1. The maximum absolute atomic E-state index is 14.1. The van der Waals surface area contributed by atoms with Crippen LogP contribution in [0.15, 0.2) is 63.9 Å². The third-order valence-corrected chi connectivity index (χ3v) is 5.85. The van der Waals surface area contributed by atoms with Crippen LogP contribution in [-0.4, -0.2) is 10.2 Å². The van der Waals surface area contributed by atoms with E-state index in [0.717, 1.165) is 11.8 Å². The van der Waals surface area contributed by atoms with Crippen LogP contribution in [0.5, 0.6) is 0 Å². The molecule has 1 saturated heterocycles. The highest BCUT2D eigenvalue weighted by Gasteiger charge is 2.34. The predicted molar refractivity (Wildman–Crippen MR) is 116 cm³/mol. The van der Waals surface area contributed by atoms with E-state index in [9.17, 15) is 9.18 Å². The molecular weight excluding hydrogens is 440 g/mol. The molecule has 8 heteroatoms. The minimum atomic E-state index is -0.518. The molecule has 1 aliphatic heterocycles. The van der Waals surface area contributed by atoms with Crippen molar-refractivity contribution in [3.8, 4) is 11.3 Å². The first kappa shape index (κ1) is 19.2. The van der Waals surface area contributed by atoms with E-state index in [0.29, 0.717) is 32.0 Å². The summed E-state index contributed by atoms with van der Waals surface area (Å²) in [6.07, 6.45) is 1.57. The lowest BCUT2D eigenvalue weighted by Gasteiger charge is -2.14. The van der Waals surface area contributed by atoms with Crippen LogP contribution in [0.1, 0.15) is 5.76 Å². The average Bonchev–Trinajstić information content (AvgIpc) is 3.23. The van der Waals surface area contributed by atoms with Crippen LogP contribution in [0.25, 0.3) is 17.4 Å². The fourth-order valence-corrected chi connectivity index (χ4v) is 4.35. The van der Waals surface area contributed by atoms with Gasteiger partial charge in [0.25, 0.3) is 5.91 Å². The highest BCUT2D eigenvalue weighted by atomic mass is 35.5. The molecule has 1 aliphatic rings. The molecule has 4 rings (SSSR count). The van der Waals surface area contributed by atoms with Crippen molar-refractivity contribution in [1.29, 1.82) is 0 Å². The largest absolute Gasteiger partial charge is 0.457 e. The summed E-state index contributed by atoms with van der Waals surface area (Å²) in [5.74, 6) is 0.0400. The number of para-hydroxylation sites is 1. The van der Waals surface area contributed by atoms with Gasteiger partial charge < -0.3 is 4.42 Å².